The molecule has 0 saturated heterocycles. The molecule has 60 valence electrons. The number of quaternary nitrogens is 1. The van der Waals surface area contributed by atoms with E-state index >= 15 is 0 Å². The van der Waals surface area contributed by atoms with Crippen molar-refractivity contribution in [2.75, 3.05) is 21.1 Å². The molecule has 0 radical (unpaired) electrons. The van der Waals surface area contributed by atoms with Gasteiger partial charge in [-0.3, -0.25) is 0 Å². The number of hydrogen-bond donors (Lipinski definition) is 1. The smallest absolute Gasteiger partial charge is 0.0661 e. The van der Waals surface area contributed by atoms with Gasteiger partial charge in [-0.25, -0.2) is 0 Å². The predicted octanol–water partition coefficient (Wildman–Crippen LogP) is -1.93. The SMILES string of the molecule is C/C=C\C(=O)[O-].C[NH+](C)C. The van der Waals surface area contributed by atoms with Gasteiger partial charge in [0.25, 0.3) is 0 Å². The third-order valence-corrected chi connectivity index (χ3v) is 0.303. The van der Waals surface area contributed by atoms with Crippen molar-refractivity contribution in [1.82, 2.24) is 0 Å². The lowest BCUT2D eigenvalue weighted by Crippen LogP contribution is -3.02. The van der Waals surface area contributed by atoms with Gasteiger partial charge in [-0.2, -0.15) is 0 Å². The number of hydrogen-bond acceptors (Lipinski definition) is 2. The van der Waals surface area contributed by atoms with Crippen molar-refractivity contribution >= 4 is 5.97 Å². The van der Waals surface area contributed by atoms with Crippen LogP contribution >= 0.6 is 0 Å². The van der Waals surface area contributed by atoms with Gasteiger partial charge in [0.1, 0.15) is 0 Å². The van der Waals surface area contributed by atoms with Crippen LogP contribution in [0.2, 0.25) is 0 Å². The number of aliphatic carboxylic acids is 1. The second-order valence-electron chi connectivity index (χ2n) is 2.32. The van der Waals surface area contributed by atoms with Crippen LogP contribution in [-0.2, 0) is 4.79 Å². The summed E-state index contributed by atoms with van der Waals surface area (Å²) in [5, 5.41) is 9.40. The molecule has 0 aromatic carbocycles. The summed E-state index contributed by atoms with van der Waals surface area (Å²) < 4.78 is 0. The van der Waals surface area contributed by atoms with Crippen LogP contribution < -0.4 is 10.0 Å². The lowest BCUT2D eigenvalue weighted by Gasteiger charge is -1.88. The van der Waals surface area contributed by atoms with Crippen LogP contribution in [0, 0.1) is 0 Å². The van der Waals surface area contributed by atoms with Gasteiger partial charge in [-0.1, -0.05) is 6.08 Å². The number of carbonyl (C=O) groups is 1. The van der Waals surface area contributed by atoms with E-state index in [1.165, 1.54) is 11.0 Å². The number of allylic oxidation sites excluding steroid dienone is 1. The fraction of sp³-hybridized carbons (Fsp3) is 0.571. The molecule has 0 fully saturated rings. The minimum atomic E-state index is -1.14. The zero-order valence-corrected chi connectivity index (χ0v) is 6.97. The third kappa shape index (κ3) is 58.0. The van der Waals surface area contributed by atoms with Crippen molar-refractivity contribution in [3.05, 3.63) is 12.2 Å². The maximum atomic E-state index is 9.40. The first kappa shape index (κ1) is 11.9. The number of carboxylic acid groups (broad SMARTS) is 1. The van der Waals surface area contributed by atoms with Crippen molar-refractivity contribution in [3.8, 4) is 0 Å². The maximum absolute atomic E-state index is 9.40. The molecule has 0 aliphatic carbocycles. The molecule has 0 saturated carbocycles. The van der Waals surface area contributed by atoms with Crippen LogP contribution in [0.3, 0.4) is 0 Å². The van der Waals surface area contributed by atoms with Gasteiger partial charge in [-0.05, 0) is 13.0 Å². The summed E-state index contributed by atoms with van der Waals surface area (Å²) >= 11 is 0. The Kier molecular flexibility index (Phi) is 9.73. The van der Waals surface area contributed by atoms with E-state index in [0.29, 0.717) is 0 Å². The molecule has 1 N–H and O–H groups in total. The van der Waals surface area contributed by atoms with Gasteiger partial charge in [0.2, 0.25) is 0 Å². The monoisotopic (exact) mass is 145 g/mol. The van der Waals surface area contributed by atoms with Gasteiger partial charge in [-0.15, -0.1) is 0 Å². The molecule has 0 unspecified atom stereocenters. The van der Waals surface area contributed by atoms with Crippen molar-refractivity contribution < 1.29 is 14.8 Å². The third-order valence-electron chi connectivity index (χ3n) is 0.303. The topological polar surface area (TPSA) is 44.6 Å². The lowest BCUT2D eigenvalue weighted by molar-refractivity contribution is -0.836. The van der Waals surface area contributed by atoms with E-state index < -0.39 is 5.97 Å². The summed E-state index contributed by atoms with van der Waals surface area (Å²) in [4.78, 5) is 10.8. The molecule has 0 aliphatic heterocycles. The molecule has 0 rings (SSSR count). The van der Waals surface area contributed by atoms with E-state index in [4.69, 9.17) is 0 Å². The molecule has 0 heterocycles. The molecule has 10 heavy (non-hydrogen) atoms. The summed E-state index contributed by atoms with van der Waals surface area (Å²) in [7, 11) is 6.25. The van der Waals surface area contributed by atoms with E-state index in [1.807, 2.05) is 0 Å². The van der Waals surface area contributed by atoms with Crippen molar-refractivity contribution in [3.63, 3.8) is 0 Å². The van der Waals surface area contributed by atoms with Crippen LogP contribution in [-0.4, -0.2) is 27.1 Å². The molecule has 3 nitrogen and oxygen atoms in total. The van der Waals surface area contributed by atoms with Crippen LogP contribution in [0.25, 0.3) is 0 Å². The summed E-state index contributed by atoms with van der Waals surface area (Å²) in [5.41, 5.74) is 0. The second kappa shape index (κ2) is 8.17. The Morgan fingerprint density at radius 2 is 1.70 bits per heavy atom. The normalized spacial score (nSPS) is 9.30. The Balaban J connectivity index is 0. The number of carboxylic acids is 1. The van der Waals surface area contributed by atoms with Gasteiger partial charge in [0.05, 0.1) is 27.1 Å². The standard InChI is InChI=1S/C4H6O2.C3H9N/c1-2-3-4(5)6;1-4(2)3/h2-3H,1H3,(H,5,6);1-3H3/b3-2-;. The van der Waals surface area contributed by atoms with E-state index in [2.05, 4.69) is 21.1 Å². The van der Waals surface area contributed by atoms with Crippen molar-refractivity contribution in [2.45, 2.75) is 6.92 Å². The Labute approximate surface area is 62.0 Å². The Hall–Kier alpha value is -0.830. The van der Waals surface area contributed by atoms with E-state index in [1.54, 1.807) is 6.92 Å². The zero-order chi connectivity index (χ0) is 8.57. The molecule has 0 spiro atoms. The van der Waals surface area contributed by atoms with Gasteiger partial charge in [0, 0.05) is 0 Å². The van der Waals surface area contributed by atoms with Crippen molar-refractivity contribution in [1.29, 1.82) is 0 Å². The molecule has 0 bridgehead atoms. The second-order valence-corrected chi connectivity index (χ2v) is 2.32. The molecule has 3 heteroatoms. The van der Waals surface area contributed by atoms with E-state index in [0.717, 1.165) is 6.08 Å². The fourth-order valence-electron chi connectivity index (χ4n) is 0.136. The molecule has 0 aromatic heterocycles. The molecule has 0 atom stereocenters. The number of nitrogens with one attached hydrogen (secondary N) is 1. The average molecular weight is 145 g/mol. The van der Waals surface area contributed by atoms with E-state index in [9.17, 15) is 9.90 Å². The minimum absolute atomic E-state index is 0.972. The molecule has 0 aliphatic rings. The average Bonchev–Trinajstić information content (AvgIpc) is 1.62. The first-order valence-electron chi connectivity index (χ1n) is 3.11. The number of carbonyl (C=O) groups excluding carboxylic acids is 1. The highest BCUT2D eigenvalue weighted by Crippen LogP contribution is 1.61. The predicted molar refractivity (Wildman–Crippen MR) is 38.6 cm³/mol. The zero-order valence-electron chi connectivity index (χ0n) is 6.97. The lowest BCUT2D eigenvalue weighted by atomic mass is 10.5. The molecular weight excluding hydrogens is 130 g/mol. The molecular formula is C7H15NO2. The van der Waals surface area contributed by atoms with Crippen LogP contribution in [0.15, 0.2) is 12.2 Å². The molecule has 0 amide bonds. The highest BCUT2D eigenvalue weighted by atomic mass is 16.4. The maximum Gasteiger partial charge on any atom is 0.0661 e. The van der Waals surface area contributed by atoms with E-state index in [-0.39, 0.29) is 0 Å². The minimum Gasteiger partial charge on any atom is -0.545 e. The highest BCUT2D eigenvalue weighted by molar-refractivity contribution is 5.77. The Morgan fingerprint density at radius 1 is 1.40 bits per heavy atom. The van der Waals surface area contributed by atoms with Crippen molar-refractivity contribution in [2.24, 2.45) is 0 Å². The quantitative estimate of drug-likeness (QED) is 0.437. The molecule has 0 aromatic rings. The summed E-state index contributed by atoms with van der Waals surface area (Å²) in [6, 6.07) is 0. The van der Waals surface area contributed by atoms with Crippen LogP contribution in [0.4, 0.5) is 0 Å². The van der Waals surface area contributed by atoms with Crippen LogP contribution in [0.5, 0.6) is 0 Å². The van der Waals surface area contributed by atoms with Crippen LogP contribution in [0.1, 0.15) is 6.92 Å². The van der Waals surface area contributed by atoms with Gasteiger partial charge >= 0.3 is 0 Å². The van der Waals surface area contributed by atoms with Gasteiger partial charge in [0.15, 0.2) is 0 Å². The first-order chi connectivity index (χ1) is 4.50. The van der Waals surface area contributed by atoms with Gasteiger partial charge < -0.3 is 14.8 Å². The number of rotatable bonds is 1. The Bertz CT molecular complexity index is 105. The summed E-state index contributed by atoms with van der Waals surface area (Å²) in [6.45, 7) is 1.62. The first-order valence-corrected chi connectivity index (χ1v) is 3.11. The summed E-state index contributed by atoms with van der Waals surface area (Å²) in [6.07, 6.45) is 2.38. The summed E-state index contributed by atoms with van der Waals surface area (Å²) in [5.74, 6) is -1.14. The Morgan fingerprint density at radius 3 is 1.70 bits per heavy atom. The highest BCUT2D eigenvalue weighted by Gasteiger charge is 1.61. The largest absolute Gasteiger partial charge is 0.545 e. The fourth-order valence-corrected chi connectivity index (χ4v) is 0.136.